The van der Waals surface area contributed by atoms with Crippen LogP contribution in [0.3, 0.4) is 0 Å². The molecule has 0 saturated heterocycles. The summed E-state index contributed by atoms with van der Waals surface area (Å²) in [6, 6.07) is 7.44. The molecule has 84 valence electrons. The van der Waals surface area contributed by atoms with Crippen LogP contribution in [0.5, 0.6) is 0 Å². The average molecular weight is 265 g/mol. The summed E-state index contributed by atoms with van der Waals surface area (Å²) in [6.45, 7) is -4.91. The van der Waals surface area contributed by atoms with Crippen LogP contribution in [0.4, 0.5) is 12.9 Å². The zero-order valence-corrected chi connectivity index (χ0v) is 12.4. The van der Waals surface area contributed by atoms with Gasteiger partial charge in [0.2, 0.25) is 0 Å². The zero-order valence-electron chi connectivity index (χ0n) is 9.24. The van der Waals surface area contributed by atoms with Crippen LogP contribution in [-0.2, 0) is 6.44 Å². The Labute approximate surface area is 138 Å². The van der Waals surface area contributed by atoms with E-state index in [9.17, 15) is 17.7 Å². The predicted octanol–water partition coefficient (Wildman–Crippen LogP) is -0.608. The number of hydrogen-bond acceptors (Lipinski definition) is 1. The SMILES string of the molecule is O=c1ccn(C[B-](F)(F)F)c2ccccc12.[K+]. The minimum atomic E-state index is -4.91. The fourth-order valence-corrected chi connectivity index (χ4v) is 1.64. The normalized spacial score (nSPS) is 11.2. The van der Waals surface area contributed by atoms with Gasteiger partial charge in [0.25, 0.3) is 0 Å². The van der Waals surface area contributed by atoms with Crippen LogP contribution < -0.4 is 56.8 Å². The molecule has 0 bridgehead atoms. The molecule has 0 aliphatic rings. The number of halogens is 3. The minimum absolute atomic E-state index is 0. The van der Waals surface area contributed by atoms with Gasteiger partial charge in [0.15, 0.2) is 5.43 Å². The molecule has 0 unspecified atom stereocenters. The summed E-state index contributed by atoms with van der Waals surface area (Å²) in [5, 5.41) is 0.310. The molecule has 0 radical (unpaired) electrons. The second-order valence-corrected chi connectivity index (χ2v) is 3.56. The fourth-order valence-electron chi connectivity index (χ4n) is 1.64. The molecule has 0 atom stereocenters. The molecule has 1 aromatic heterocycles. The molecule has 0 amide bonds. The number of benzene rings is 1. The molecule has 0 spiro atoms. The van der Waals surface area contributed by atoms with E-state index in [0.717, 1.165) is 10.6 Å². The average Bonchev–Trinajstić information content (AvgIpc) is 2.21. The Hall–Kier alpha value is -0.0787. The van der Waals surface area contributed by atoms with Crippen molar-refractivity contribution in [1.82, 2.24) is 4.57 Å². The van der Waals surface area contributed by atoms with Gasteiger partial charge < -0.3 is 17.5 Å². The second kappa shape index (κ2) is 5.71. The van der Waals surface area contributed by atoms with Crippen molar-refractivity contribution in [2.45, 2.75) is 6.44 Å². The van der Waals surface area contributed by atoms with Crippen molar-refractivity contribution < 1.29 is 64.3 Å². The first-order valence-corrected chi connectivity index (χ1v) is 4.76. The van der Waals surface area contributed by atoms with E-state index in [1.54, 1.807) is 12.1 Å². The van der Waals surface area contributed by atoms with E-state index < -0.39 is 13.4 Å². The van der Waals surface area contributed by atoms with Gasteiger partial charge >= 0.3 is 58.4 Å². The Morgan fingerprint density at radius 2 is 1.76 bits per heavy atom. The van der Waals surface area contributed by atoms with Gasteiger partial charge in [-0.1, -0.05) is 12.1 Å². The van der Waals surface area contributed by atoms with Gasteiger partial charge in [-0.25, -0.2) is 0 Å². The molecule has 1 heterocycles. The summed E-state index contributed by atoms with van der Waals surface area (Å²) in [5.74, 6) is 0. The van der Waals surface area contributed by atoms with E-state index in [1.165, 1.54) is 18.3 Å². The van der Waals surface area contributed by atoms with Crippen LogP contribution in [0.1, 0.15) is 0 Å². The summed E-state index contributed by atoms with van der Waals surface area (Å²) in [7, 11) is 0. The molecule has 2 rings (SSSR count). The zero-order chi connectivity index (χ0) is 11.8. The van der Waals surface area contributed by atoms with Crippen molar-refractivity contribution in [3.05, 3.63) is 46.8 Å². The second-order valence-electron chi connectivity index (χ2n) is 3.56. The Morgan fingerprint density at radius 3 is 2.41 bits per heavy atom. The first kappa shape index (κ1) is 15.0. The number of aromatic nitrogens is 1. The number of para-hydroxylation sites is 1. The largest absolute Gasteiger partial charge is 1.00 e. The van der Waals surface area contributed by atoms with Crippen molar-refractivity contribution in [2.24, 2.45) is 0 Å². The molecule has 17 heavy (non-hydrogen) atoms. The van der Waals surface area contributed by atoms with Gasteiger partial charge in [-0.2, -0.15) is 0 Å². The summed E-state index contributed by atoms with van der Waals surface area (Å²) in [5.41, 5.74) is 0.0516. The number of fused-ring (bicyclic) bond motifs is 1. The van der Waals surface area contributed by atoms with E-state index in [0.29, 0.717) is 10.9 Å². The molecule has 2 aromatic rings. The fraction of sp³-hybridized carbons (Fsp3) is 0.100. The Balaban J connectivity index is 0.00000144. The molecule has 7 heteroatoms. The maximum absolute atomic E-state index is 12.3. The van der Waals surface area contributed by atoms with Gasteiger partial charge in [0.1, 0.15) is 0 Å². The Morgan fingerprint density at radius 1 is 1.12 bits per heavy atom. The summed E-state index contributed by atoms with van der Waals surface area (Å²) in [6.07, 6.45) is 0.153. The van der Waals surface area contributed by atoms with Gasteiger partial charge in [-0.3, -0.25) is 4.79 Å². The Bertz CT molecular complexity index is 582. The maximum atomic E-state index is 12.3. The van der Waals surface area contributed by atoms with Crippen LogP contribution in [-0.4, -0.2) is 11.5 Å². The number of rotatable bonds is 2. The molecular weight excluding hydrogens is 257 g/mol. The quantitative estimate of drug-likeness (QED) is 0.664. The standard InChI is InChI=1S/C10H8BF3NO.K/c12-11(13,14)7-15-6-5-10(16)8-3-1-2-4-9(8)15;/h1-6H,7H2;/q-1;+1. The van der Waals surface area contributed by atoms with Crippen molar-refractivity contribution >= 4 is 17.9 Å². The molecule has 2 nitrogen and oxygen atoms in total. The van der Waals surface area contributed by atoms with Gasteiger partial charge in [0.05, 0.1) is 0 Å². The van der Waals surface area contributed by atoms with E-state index >= 15 is 0 Å². The van der Waals surface area contributed by atoms with Crippen LogP contribution in [0.25, 0.3) is 10.9 Å². The number of nitrogens with zero attached hydrogens (tertiary/aromatic N) is 1. The maximum Gasteiger partial charge on any atom is 1.00 e. The van der Waals surface area contributed by atoms with E-state index in [2.05, 4.69) is 0 Å². The van der Waals surface area contributed by atoms with Gasteiger partial charge in [-0.15, -0.1) is 0 Å². The summed E-state index contributed by atoms with van der Waals surface area (Å²) >= 11 is 0. The van der Waals surface area contributed by atoms with Crippen molar-refractivity contribution in [3.8, 4) is 0 Å². The van der Waals surface area contributed by atoms with Crippen LogP contribution in [0, 0.1) is 0 Å². The monoisotopic (exact) mass is 265 g/mol. The predicted molar refractivity (Wildman–Crippen MR) is 57.3 cm³/mol. The third-order valence-electron chi connectivity index (χ3n) is 2.29. The molecule has 0 aliphatic carbocycles. The third-order valence-corrected chi connectivity index (χ3v) is 2.29. The molecular formula is C10H8BF3KNO. The van der Waals surface area contributed by atoms with Gasteiger partial charge in [-0.05, 0) is 18.6 Å². The smallest absolute Gasteiger partial charge is 0.448 e. The van der Waals surface area contributed by atoms with Crippen LogP contribution in [0.15, 0.2) is 41.3 Å². The first-order chi connectivity index (χ1) is 7.47. The van der Waals surface area contributed by atoms with Crippen LogP contribution in [0.2, 0.25) is 0 Å². The Kier molecular flexibility index (Phi) is 5.03. The van der Waals surface area contributed by atoms with Crippen molar-refractivity contribution in [3.63, 3.8) is 0 Å². The van der Waals surface area contributed by atoms with Crippen molar-refractivity contribution in [1.29, 1.82) is 0 Å². The summed E-state index contributed by atoms with van der Waals surface area (Å²) in [4.78, 5) is 11.4. The first-order valence-electron chi connectivity index (χ1n) is 4.76. The third kappa shape index (κ3) is 3.69. The molecule has 0 N–H and O–H groups in total. The molecule has 0 saturated carbocycles. The van der Waals surface area contributed by atoms with Gasteiger partial charge in [0, 0.05) is 23.2 Å². The van der Waals surface area contributed by atoms with Crippen molar-refractivity contribution in [2.75, 3.05) is 0 Å². The van der Waals surface area contributed by atoms with E-state index in [1.807, 2.05) is 0 Å². The topological polar surface area (TPSA) is 22.0 Å². The van der Waals surface area contributed by atoms with E-state index in [4.69, 9.17) is 0 Å². The summed E-state index contributed by atoms with van der Waals surface area (Å²) < 4.78 is 38.1. The van der Waals surface area contributed by atoms with Crippen LogP contribution >= 0.6 is 0 Å². The number of pyridine rings is 1. The minimum Gasteiger partial charge on any atom is -0.448 e. The molecule has 1 aromatic carbocycles. The van der Waals surface area contributed by atoms with E-state index in [-0.39, 0.29) is 56.8 Å². The molecule has 0 fully saturated rings. The number of hydrogen-bond donors (Lipinski definition) is 0. The molecule has 0 aliphatic heterocycles.